The fraction of sp³-hybridized carbons (Fsp3) is 0.769. The van der Waals surface area contributed by atoms with Crippen LogP contribution < -0.4 is 9.47 Å². The smallest absolute Gasteiger partial charge is 0.162 e. The van der Waals surface area contributed by atoms with E-state index < -0.39 is 0 Å². The van der Waals surface area contributed by atoms with E-state index in [0.29, 0.717) is 0 Å². The van der Waals surface area contributed by atoms with E-state index in [4.69, 9.17) is 9.47 Å². The third-order valence-corrected chi connectivity index (χ3v) is 8.31. The van der Waals surface area contributed by atoms with Gasteiger partial charge in [0.2, 0.25) is 0 Å². The van der Waals surface area contributed by atoms with Gasteiger partial charge >= 0.3 is 0 Å². The molecule has 1 aromatic rings. The number of ether oxygens (including phenoxy) is 2. The molecule has 0 aromatic heterocycles. The minimum atomic E-state index is 0.791. The Morgan fingerprint density at radius 1 is 0.500 bits per heavy atom. The van der Waals surface area contributed by atoms with E-state index >= 15 is 0 Å². The molecule has 0 atom stereocenters. The van der Waals surface area contributed by atoms with Gasteiger partial charge in [0, 0.05) is 7.14 Å². The molecule has 1 rings (SSSR count). The molecule has 0 amide bonds. The molecule has 0 spiro atoms. The van der Waals surface area contributed by atoms with Crippen molar-refractivity contribution in [3.8, 4) is 11.5 Å². The molecule has 4 heteroatoms. The zero-order chi connectivity index (χ0) is 21.9. The highest BCUT2D eigenvalue weighted by molar-refractivity contribution is 14.1. The van der Waals surface area contributed by atoms with E-state index in [1.165, 1.54) is 97.0 Å². The molecule has 0 bridgehead atoms. The summed E-state index contributed by atoms with van der Waals surface area (Å²) >= 11 is 4.77. The topological polar surface area (TPSA) is 18.5 Å². The minimum absolute atomic E-state index is 0.791. The van der Waals surface area contributed by atoms with Crippen LogP contribution in [0, 0.1) is 7.14 Å². The monoisotopic (exact) mass is 642 g/mol. The van der Waals surface area contributed by atoms with E-state index in [1.807, 2.05) is 0 Å². The van der Waals surface area contributed by atoms with Gasteiger partial charge in [-0.15, -0.1) is 0 Å². The normalized spacial score (nSPS) is 11.1. The Hall–Kier alpha value is 0.280. The van der Waals surface area contributed by atoms with Crippen molar-refractivity contribution in [2.45, 2.75) is 117 Å². The van der Waals surface area contributed by atoms with Gasteiger partial charge in [0.05, 0.1) is 13.2 Å². The summed E-state index contributed by atoms with van der Waals surface area (Å²) < 4.78 is 14.7. The molecule has 0 aliphatic heterocycles. The van der Waals surface area contributed by atoms with Crippen LogP contribution in [0.3, 0.4) is 0 Å². The predicted molar refractivity (Wildman–Crippen MR) is 148 cm³/mol. The van der Waals surface area contributed by atoms with Crippen molar-refractivity contribution in [2.24, 2.45) is 0 Å². The first-order valence-corrected chi connectivity index (χ1v) is 14.6. The maximum atomic E-state index is 6.12. The Balaban J connectivity index is 2.24. The fourth-order valence-corrected chi connectivity index (χ4v) is 4.45. The molecular weight excluding hydrogens is 598 g/mol. The van der Waals surface area contributed by atoms with Crippen LogP contribution >= 0.6 is 45.2 Å². The van der Waals surface area contributed by atoms with Crippen molar-refractivity contribution in [1.29, 1.82) is 0 Å². The average Bonchev–Trinajstić information content (AvgIpc) is 2.74. The highest BCUT2D eigenvalue weighted by Gasteiger charge is 2.10. The molecule has 0 radical (unpaired) electrons. The molecule has 0 unspecified atom stereocenters. The molecule has 0 fully saturated rings. The largest absolute Gasteiger partial charge is 0.490 e. The number of benzene rings is 1. The summed E-state index contributed by atoms with van der Waals surface area (Å²) in [5.41, 5.74) is 0. The van der Waals surface area contributed by atoms with Gasteiger partial charge in [0.15, 0.2) is 11.5 Å². The molecule has 0 aliphatic carbocycles. The van der Waals surface area contributed by atoms with Crippen LogP contribution in [0.2, 0.25) is 0 Å². The van der Waals surface area contributed by atoms with Crippen molar-refractivity contribution in [3.63, 3.8) is 0 Å². The standard InChI is InChI=1S/C26H44I2O2/c1-3-5-7-9-11-13-15-17-19-29-25-21-23(27)24(28)22-26(25)30-20-18-16-14-12-10-8-6-4-2/h21-22H,3-20H2,1-2H3. The summed E-state index contributed by atoms with van der Waals surface area (Å²) in [7, 11) is 0. The maximum Gasteiger partial charge on any atom is 0.162 e. The van der Waals surface area contributed by atoms with E-state index in [9.17, 15) is 0 Å². The molecule has 2 nitrogen and oxygen atoms in total. The highest BCUT2D eigenvalue weighted by Crippen LogP contribution is 2.33. The molecule has 1 aromatic carbocycles. The van der Waals surface area contributed by atoms with E-state index in [2.05, 4.69) is 71.2 Å². The number of unbranched alkanes of at least 4 members (excludes halogenated alkanes) is 14. The lowest BCUT2D eigenvalue weighted by molar-refractivity contribution is 0.258. The second-order valence-electron chi connectivity index (χ2n) is 8.36. The third-order valence-electron chi connectivity index (χ3n) is 5.50. The first kappa shape index (κ1) is 28.3. The average molecular weight is 642 g/mol. The number of halogens is 2. The van der Waals surface area contributed by atoms with Gasteiger partial charge in [-0.05, 0) is 70.2 Å². The van der Waals surface area contributed by atoms with Gasteiger partial charge in [-0.2, -0.15) is 0 Å². The molecule has 174 valence electrons. The van der Waals surface area contributed by atoms with Gasteiger partial charge in [-0.1, -0.05) is 104 Å². The summed E-state index contributed by atoms with van der Waals surface area (Å²) in [6.45, 7) is 6.13. The minimum Gasteiger partial charge on any atom is -0.490 e. The summed E-state index contributed by atoms with van der Waals surface area (Å²) in [5.74, 6) is 1.84. The maximum absolute atomic E-state index is 6.12. The molecule has 0 N–H and O–H groups in total. The predicted octanol–water partition coefficient (Wildman–Crippen LogP) is 9.93. The van der Waals surface area contributed by atoms with Crippen molar-refractivity contribution < 1.29 is 9.47 Å². The first-order chi connectivity index (χ1) is 14.7. The van der Waals surface area contributed by atoms with Crippen LogP contribution in [0.1, 0.15) is 117 Å². The van der Waals surface area contributed by atoms with Gasteiger partial charge in [0.1, 0.15) is 0 Å². The van der Waals surface area contributed by atoms with Crippen LogP contribution in [0.4, 0.5) is 0 Å². The Kier molecular flexibility index (Phi) is 18.8. The number of rotatable bonds is 20. The van der Waals surface area contributed by atoms with Crippen LogP contribution in [0.15, 0.2) is 12.1 Å². The highest BCUT2D eigenvalue weighted by atomic mass is 127. The molecule has 0 heterocycles. The Bertz CT molecular complexity index is 487. The molecule has 0 saturated carbocycles. The lowest BCUT2D eigenvalue weighted by atomic mass is 10.1. The van der Waals surface area contributed by atoms with Gasteiger partial charge in [0.25, 0.3) is 0 Å². The molecular formula is C26H44I2O2. The first-order valence-electron chi connectivity index (χ1n) is 12.4. The van der Waals surface area contributed by atoms with Crippen molar-refractivity contribution in [1.82, 2.24) is 0 Å². The number of hydrogen-bond acceptors (Lipinski definition) is 2. The van der Waals surface area contributed by atoms with E-state index in [0.717, 1.165) is 37.6 Å². The van der Waals surface area contributed by atoms with Crippen molar-refractivity contribution >= 4 is 45.2 Å². The van der Waals surface area contributed by atoms with Crippen molar-refractivity contribution in [3.05, 3.63) is 19.3 Å². The van der Waals surface area contributed by atoms with E-state index in [-0.39, 0.29) is 0 Å². The lowest BCUT2D eigenvalue weighted by Crippen LogP contribution is -2.04. The second kappa shape index (κ2) is 19.9. The molecule has 0 aliphatic rings. The summed E-state index contributed by atoms with van der Waals surface area (Å²) in [6, 6.07) is 4.27. The van der Waals surface area contributed by atoms with Crippen LogP contribution in [-0.2, 0) is 0 Å². The van der Waals surface area contributed by atoms with Crippen molar-refractivity contribution in [2.75, 3.05) is 13.2 Å². The van der Waals surface area contributed by atoms with Crippen LogP contribution in [0.5, 0.6) is 11.5 Å². The summed E-state index contributed by atoms with van der Waals surface area (Å²) in [6.07, 6.45) is 21.2. The lowest BCUT2D eigenvalue weighted by Gasteiger charge is -2.14. The van der Waals surface area contributed by atoms with Gasteiger partial charge in [-0.3, -0.25) is 0 Å². The summed E-state index contributed by atoms with van der Waals surface area (Å²) in [5, 5.41) is 0. The van der Waals surface area contributed by atoms with Crippen LogP contribution in [-0.4, -0.2) is 13.2 Å². The Morgan fingerprint density at radius 3 is 1.13 bits per heavy atom. The molecule has 0 saturated heterocycles. The Morgan fingerprint density at radius 2 is 0.800 bits per heavy atom. The van der Waals surface area contributed by atoms with Gasteiger partial charge in [-0.25, -0.2) is 0 Å². The second-order valence-corrected chi connectivity index (χ2v) is 10.7. The van der Waals surface area contributed by atoms with E-state index in [1.54, 1.807) is 0 Å². The number of hydrogen-bond donors (Lipinski definition) is 0. The quantitative estimate of drug-likeness (QED) is 0.104. The van der Waals surface area contributed by atoms with Gasteiger partial charge < -0.3 is 9.47 Å². The molecule has 30 heavy (non-hydrogen) atoms. The third kappa shape index (κ3) is 14.4. The SMILES string of the molecule is CCCCCCCCCCOc1cc(I)c(I)cc1OCCCCCCCCCC. The zero-order valence-electron chi connectivity index (χ0n) is 19.5. The van der Waals surface area contributed by atoms with Crippen LogP contribution in [0.25, 0.3) is 0 Å². The summed E-state index contributed by atoms with van der Waals surface area (Å²) in [4.78, 5) is 0. The zero-order valence-corrected chi connectivity index (χ0v) is 23.8. The fourth-order valence-electron chi connectivity index (χ4n) is 3.57. The Labute approximate surface area is 213 Å².